The van der Waals surface area contributed by atoms with Gasteiger partial charge in [0, 0.05) is 25.5 Å². The Bertz CT molecular complexity index is 564. The monoisotopic (exact) mass is 274 g/mol. The highest BCUT2D eigenvalue weighted by molar-refractivity contribution is 6.07. The fourth-order valence-corrected chi connectivity index (χ4v) is 2.64. The minimum Gasteiger partial charge on any atom is -0.338 e. The van der Waals surface area contributed by atoms with Gasteiger partial charge in [0.05, 0.1) is 5.56 Å². The summed E-state index contributed by atoms with van der Waals surface area (Å²) < 4.78 is 0. The minimum absolute atomic E-state index is 0.0994. The highest BCUT2D eigenvalue weighted by Gasteiger charge is 2.48. The quantitative estimate of drug-likeness (QED) is 0.699. The molecule has 1 spiro atoms. The Morgan fingerprint density at radius 3 is 2.60 bits per heavy atom. The number of rotatable bonds is 1. The summed E-state index contributed by atoms with van der Waals surface area (Å²) in [4.78, 5) is 40.9. The van der Waals surface area contributed by atoms with Crippen molar-refractivity contribution < 1.29 is 14.4 Å². The maximum absolute atomic E-state index is 12.2. The molecule has 0 atom stereocenters. The summed E-state index contributed by atoms with van der Waals surface area (Å²) in [6.07, 6.45) is 3.99. The lowest BCUT2D eigenvalue weighted by Gasteiger charge is -2.36. The van der Waals surface area contributed by atoms with Crippen molar-refractivity contribution in [3.05, 3.63) is 30.1 Å². The Balaban J connectivity index is 1.69. The molecule has 1 aromatic rings. The molecular weight excluding hydrogens is 260 g/mol. The summed E-state index contributed by atoms with van der Waals surface area (Å²) in [6, 6.07) is 2.97. The van der Waals surface area contributed by atoms with Gasteiger partial charge >= 0.3 is 6.03 Å². The molecule has 7 heteroatoms. The molecule has 2 aliphatic rings. The first kappa shape index (κ1) is 12.6. The van der Waals surface area contributed by atoms with Crippen molar-refractivity contribution in [1.82, 2.24) is 20.5 Å². The zero-order chi connectivity index (χ0) is 14.2. The molecule has 3 rings (SSSR count). The first-order valence-electron chi connectivity index (χ1n) is 6.44. The number of piperidine rings is 1. The predicted octanol–water partition coefficient (Wildman–Crippen LogP) is -0.104. The van der Waals surface area contributed by atoms with Crippen molar-refractivity contribution >= 4 is 17.8 Å². The average Bonchev–Trinajstić information content (AvgIpc) is 2.74. The summed E-state index contributed by atoms with van der Waals surface area (Å²) in [6.45, 7) is 0.864. The van der Waals surface area contributed by atoms with Crippen molar-refractivity contribution in [2.24, 2.45) is 0 Å². The fraction of sp³-hybridized carbons (Fsp3) is 0.385. The van der Waals surface area contributed by atoms with Crippen LogP contribution in [-0.2, 0) is 4.79 Å². The molecule has 4 amide bonds. The van der Waals surface area contributed by atoms with Gasteiger partial charge in [-0.1, -0.05) is 0 Å². The zero-order valence-corrected chi connectivity index (χ0v) is 10.8. The van der Waals surface area contributed by atoms with Crippen LogP contribution in [0.3, 0.4) is 0 Å². The van der Waals surface area contributed by atoms with Gasteiger partial charge in [-0.2, -0.15) is 0 Å². The van der Waals surface area contributed by atoms with Gasteiger partial charge in [0.25, 0.3) is 11.8 Å². The van der Waals surface area contributed by atoms with Crippen molar-refractivity contribution in [3.8, 4) is 0 Å². The normalized spacial score (nSPS) is 20.7. The predicted molar refractivity (Wildman–Crippen MR) is 68.8 cm³/mol. The minimum atomic E-state index is -0.844. The molecule has 0 saturated carbocycles. The van der Waals surface area contributed by atoms with Gasteiger partial charge in [-0.25, -0.2) is 4.79 Å². The lowest BCUT2D eigenvalue weighted by molar-refractivity contribution is -0.125. The van der Waals surface area contributed by atoms with Gasteiger partial charge in [0.1, 0.15) is 5.54 Å². The Hall–Kier alpha value is -2.44. The largest absolute Gasteiger partial charge is 0.338 e. The Morgan fingerprint density at radius 1 is 1.30 bits per heavy atom. The van der Waals surface area contributed by atoms with Crippen molar-refractivity contribution in [1.29, 1.82) is 0 Å². The number of carbonyl (C=O) groups excluding carboxylic acids is 3. The molecule has 20 heavy (non-hydrogen) atoms. The summed E-state index contributed by atoms with van der Waals surface area (Å²) in [7, 11) is 0. The van der Waals surface area contributed by atoms with E-state index in [4.69, 9.17) is 0 Å². The summed E-state index contributed by atoms with van der Waals surface area (Å²) in [5, 5.41) is 4.92. The molecule has 1 aromatic heterocycles. The topological polar surface area (TPSA) is 91.4 Å². The van der Waals surface area contributed by atoms with E-state index in [-0.39, 0.29) is 11.8 Å². The second-order valence-corrected chi connectivity index (χ2v) is 5.02. The maximum atomic E-state index is 12.2. The third-order valence-electron chi connectivity index (χ3n) is 3.83. The van der Waals surface area contributed by atoms with Crippen molar-refractivity contribution in [2.45, 2.75) is 18.4 Å². The van der Waals surface area contributed by atoms with E-state index in [1.54, 1.807) is 23.2 Å². The SMILES string of the molecule is O=C1NC(=O)C2(CCN(C(=O)c3cccnc3)CC2)N1. The van der Waals surface area contributed by atoms with Crippen molar-refractivity contribution in [3.63, 3.8) is 0 Å². The number of likely N-dealkylation sites (tertiary alicyclic amines) is 1. The van der Waals surface area contributed by atoms with Crippen LogP contribution in [0.15, 0.2) is 24.5 Å². The Morgan fingerprint density at radius 2 is 2.05 bits per heavy atom. The van der Waals surface area contributed by atoms with Gasteiger partial charge in [0.15, 0.2) is 0 Å². The molecule has 0 bridgehead atoms. The number of carbonyl (C=O) groups is 3. The van der Waals surface area contributed by atoms with Crippen LogP contribution in [0.25, 0.3) is 0 Å². The molecule has 3 heterocycles. The van der Waals surface area contributed by atoms with Gasteiger partial charge in [-0.15, -0.1) is 0 Å². The van der Waals surface area contributed by atoms with E-state index in [0.717, 1.165) is 0 Å². The maximum Gasteiger partial charge on any atom is 0.322 e. The van der Waals surface area contributed by atoms with Crippen molar-refractivity contribution in [2.75, 3.05) is 13.1 Å². The fourth-order valence-electron chi connectivity index (χ4n) is 2.64. The van der Waals surface area contributed by atoms with Gasteiger partial charge < -0.3 is 10.2 Å². The zero-order valence-electron chi connectivity index (χ0n) is 10.8. The number of hydrogen-bond donors (Lipinski definition) is 2. The molecule has 2 fully saturated rings. The summed E-state index contributed by atoms with van der Waals surface area (Å²) in [5.74, 6) is -0.395. The summed E-state index contributed by atoms with van der Waals surface area (Å²) >= 11 is 0. The number of urea groups is 1. The van der Waals surface area contributed by atoms with Gasteiger partial charge in [-0.05, 0) is 25.0 Å². The number of imide groups is 1. The molecule has 0 aromatic carbocycles. The molecule has 0 aliphatic carbocycles. The van der Waals surface area contributed by atoms with E-state index in [0.29, 0.717) is 31.5 Å². The highest BCUT2D eigenvalue weighted by atomic mass is 16.2. The van der Waals surface area contributed by atoms with Crippen LogP contribution in [0.2, 0.25) is 0 Å². The number of nitrogens with zero attached hydrogens (tertiary/aromatic N) is 2. The molecule has 2 aliphatic heterocycles. The lowest BCUT2D eigenvalue weighted by atomic mass is 9.87. The molecule has 7 nitrogen and oxygen atoms in total. The first-order valence-corrected chi connectivity index (χ1v) is 6.44. The number of pyridine rings is 1. The van der Waals surface area contributed by atoms with E-state index in [2.05, 4.69) is 15.6 Å². The standard InChI is InChI=1S/C13H14N4O3/c18-10(9-2-1-5-14-8-9)17-6-3-13(4-7-17)11(19)15-12(20)16-13/h1-2,5,8H,3-4,6-7H2,(H2,15,16,19,20). The van der Waals surface area contributed by atoms with Crippen LogP contribution < -0.4 is 10.6 Å². The van der Waals surface area contributed by atoms with Crippen LogP contribution in [-0.4, -0.2) is 46.4 Å². The average molecular weight is 274 g/mol. The molecule has 0 unspecified atom stereocenters. The number of aromatic nitrogens is 1. The number of hydrogen-bond acceptors (Lipinski definition) is 4. The molecule has 2 N–H and O–H groups in total. The van der Waals surface area contributed by atoms with Gasteiger partial charge in [0.2, 0.25) is 0 Å². The second-order valence-electron chi connectivity index (χ2n) is 5.02. The van der Waals surface area contributed by atoms with Crippen LogP contribution in [0.5, 0.6) is 0 Å². The number of nitrogens with one attached hydrogen (secondary N) is 2. The Labute approximate surface area is 115 Å². The van der Waals surface area contributed by atoms with Gasteiger partial charge in [-0.3, -0.25) is 19.9 Å². The third kappa shape index (κ3) is 2.01. The molecule has 2 saturated heterocycles. The Kier molecular flexibility index (Phi) is 2.89. The second kappa shape index (κ2) is 4.59. The third-order valence-corrected chi connectivity index (χ3v) is 3.83. The van der Waals surface area contributed by atoms with E-state index in [9.17, 15) is 14.4 Å². The van der Waals surface area contributed by atoms with Crippen LogP contribution in [0.1, 0.15) is 23.2 Å². The van der Waals surface area contributed by atoms with E-state index < -0.39 is 11.6 Å². The van der Waals surface area contributed by atoms with E-state index >= 15 is 0 Å². The van der Waals surface area contributed by atoms with Crippen LogP contribution in [0, 0.1) is 0 Å². The molecule has 104 valence electrons. The number of amides is 4. The van der Waals surface area contributed by atoms with E-state index in [1.165, 1.54) is 6.20 Å². The summed E-state index contributed by atoms with van der Waals surface area (Å²) in [5.41, 5.74) is -0.314. The smallest absolute Gasteiger partial charge is 0.322 e. The van der Waals surface area contributed by atoms with Crippen LogP contribution in [0.4, 0.5) is 4.79 Å². The van der Waals surface area contributed by atoms with E-state index in [1.807, 2.05) is 0 Å². The lowest BCUT2D eigenvalue weighted by Crippen LogP contribution is -2.55. The molecular formula is C13H14N4O3. The molecule has 0 radical (unpaired) electrons. The van der Waals surface area contributed by atoms with Crippen LogP contribution >= 0.6 is 0 Å². The first-order chi connectivity index (χ1) is 9.61. The highest BCUT2D eigenvalue weighted by Crippen LogP contribution is 2.26.